The van der Waals surface area contributed by atoms with Crippen molar-refractivity contribution < 1.29 is 4.79 Å². The molecule has 1 atom stereocenters. The van der Waals surface area contributed by atoms with E-state index in [4.69, 9.17) is 5.73 Å². The first-order chi connectivity index (χ1) is 15.8. The molecule has 1 aliphatic heterocycles. The number of carbonyl (C=O) groups excluding carboxylic acids is 1. The Bertz CT molecular complexity index is 1320. The molecule has 0 amide bonds. The third-order valence-electron chi connectivity index (χ3n) is 7.01. The molecule has 168 valence electrons. The van der Waals surface area contributed by atoms with E-state index in [9.17, 15) is 15.3 Å². The minimum atomic E-state index is -0.440. The maximum atomic E-state index is 13.6. The van der Waals surface area contributed by atoms with E-state index in [1.165, 1.54) is 4.88 Å². The van der Waals surface area contributed by atoms with Gasteiger partial charge in [0.1, 0.15) is 16.9 Å². The first-order valence-electron chi connectivity index (χ1n) is 11.3. The molecule has 0 aromatic carbocycles. The molecule has 0 saturated heterocycles. The molecule has 5 rings (SSSR count). The van der Waals surface area contributed by atoms with E-state index in [2.05, 4.69) is 26.0 Å². The van der Waals surface area contributed by atoms with Crippen molar-refractivity contribution in [3.05, 3.63) is 60.6 Å². The Kier molecular flexibility index (Phi) is 5.23. The topological polar surface area (TPSA) is 93.9 Å². The lowest BCUT2D eigenvalue weighted by Gasteiger charge is -2.43. The summed E-state index contributed by atoms with van der Waals surface area (Å²) in [6, 6.07) is 6.80. The molecular weight excluding hydrogens is 448 g/mol. The fourth-order valence-corrected chi connectivity index (χ4v) is 7.93. The molecule has 3 aliphatic rings. The molecule has 0 radical (unpaired) electrons. The van der Waals surface area contributed by atoms with Crippen molar-refractivity contribution >= 4 is 33.5 Å². The highest BCUT2D eigenvalue weighted by Crippen LogP contribution is 2.53. The first-order valence-corrected chi connectivity index (χ1v) is 13.0. The van der Waals surface area contributed by atoms with Gasteiger partial charge in [0.2, 0.25) is 0 Å². The van der Waals surface area contributed by atoms with Gasteiger partial charge in [-0.15, -0.1) is 22.7 Å². The van der Waals surface area contributed by atoms with Gasteiger partial charge >= 0.3 is 0 Å². The molecular formula is C26H26N4OS2. The van der Waals surface area contributed by atoms with Crippen LogP contribution >= 0.6 is 22.7 Å². The lowest BCUT2D eigenvalue weighted by molar-refractivity contribution is -0.118. The third-order valence-corrected chi connectivity index (χ3v) is 9.37. The number of nitriles is 2. The van der Waals surface area contributed by atoms with Crippen molar-refractivity contribution in [3.63, 3.8) is 0 Å². The van der Waals surface area contributed by atoms with Gasteiger partial charge in [0.25, 0.3) is 0 Å². The van der Waals surface area contributed by atoms with Gasteiger partial charge in [-0.05, 0) is 67.0 Å². The molecule has 7 heteroatoms. The number of hydrogen-bond acceptors (Lipinski definition) is 7. The average Bonchev–Trinajstić information content (AvgIpc) is 3.34. The number of ketones is 1. The Balaban J connectivity index is 1.80. The zero-order valence-electron chi connectivity index (χ0n) is 19.1. The van der Waals surface area contributed by atoms with Crippen LogP contribution in [-0.2, 0) is 17.6 Å². The highest BCUT2D eigenvalue weighted by atomic mass is 32.1. The van der Waals surface area contributed by atoms with Crippen molar-refractivity contribution in [2.24, 2.45) is 11.1 Å². The van der Waals surface area contributed by atoms with Crippen LogP contribution in [0.15, 0.2) is 34.1 Å². The fraction of sp³-hybridized carbons (Fsp3) is 0.423. The van der Waals surface area contributed by atoms with Crippen LogP contribution in [-0.4, -0.2) is 5.78 Å². The van der Waals surface area contributed by atoms with Gasteiger partial charge in [-0.2, -0.15) is 10.5 Å². The number of anilines is 1. The second-order valence-corrected chi connectivity index (χ2v) is 12.0. The lowest BCUT2D eigenvalue weighted by Crippen LogP contribution is -2.42. The molecule has 1 unspecified atom stereocenters. The first kappa shape index (κ1) is 21.9. The minimum absolute atomic E-state index is 0.0733. The molecule has 0 saturated carbocycles. The van der Waals surface area contributed by atoms with E-state index in [-0.39, 0.29) is 11.2 Å². The number of thiophene rings is 2. The van der Waals surface area contributed by atoms with Crippen LogP contribution < -0.4 is 10.6 Å². The summed E-state index contributed by atoms with van der Waals surface area (Å²) >= 11 is 3.17. The normalized spacial score (nSPS) is 22.0. The maximum Gasteiger partial charge on any atom is 0.162 e. The van der Waals surface area contributed by atoms with E-state index < -0.39 is 5.92 Å². The Morgan fingerprint density at radius 3 is 2.61 bits per heavy atom. The summed E-state index contributed by atoms with van der Waals surface area (Å²) in [5.74, 6) is -0.0104. The van der Waals surface area contributed by atoms with Crippen molar-refractivity contribution in [1.82, 2.24) is 0 Å². The number of rotatable bonds is 2. The van der Waals surface area contributed by atoms with Crippen molar-refractivity contribution in [3.8, 4) is 12.1 Å². The standard InChI is InChI=1S/C26H26N4OS2/c1-14-8-9-32-23(14)21-17(13-28)24(29)30(18-10-26(2,3)11-19(31)22(18)21)25-16(12-27)15-6-4-5-7-20(15)33-25/h8-9,21H,4-7,10-11,29H2,1-3H3. The van der Waals surface area contributed by atoms with E-state index in [1.54, 1.807) is 22.7 Å². The Labute approximate surface area is 202 Å². The van der Waals surface area contributed by atoms with Gasteiger partial charge in [-0.3, -0.25) is 9.69 Å². The zero-order chi connectivity index (χ0) is 23.5. The second kappa shape index (κ2) is 7.87. The number of fused-ring (bicyclic) bond motifs is 1. The quantitative estimate of drug-likeness (QED) is 0.593. The molecule has 2 aromatic rings. The van der Waals surface area contributed by atoms with Crippen molar-refractivity contribution in [1.29, 1.82) is 10.5 Å². The summed E-state index contributed by atoms with van der Waals surface area (Å²) in [5, 5.41) is 23.1. The number of aryl methyl sites for hydroxylation is 2. The molecule has 0 fully saturated rings. The SMILES string of the molecule is Cc1ccsc1C1C(C#N)=C(N)N(c2sc3c(c2C#N)CCCC3)C2=C1C(=O)CC(C)(C)C2. The summed E-state index contributed by atoms with van der Waals surface area (Å²) in [6.45, 7) is 6.22. The summed E-state index contributed by atoms with van der Waals surface area (Å²) in [6.07, 6.45) is 5.15. The second-order valence-electron chi connectivity index (χ2n) is 9.95. The smallest absolute Gasteiger partial charge is 0.162 e. The van der Waals surface area contributed by atoms with E-state index in [0.717, 1.165) is 52.4 Å². The van der Waals surface area contributed by atoms with Gasteiger partial charge in [0, 0.05) is 27.4 Å². The number of carbonyl (C=O) groups is 1. The van der Waals surface area contributed by atoms with Crippen LogP contribution in [0.5, 0.6) is 0 Å². The summed E-state index contributed by atoms with van der Waals surface area (Å²) in [7, 11) is 0. The Morgan fingerprint density at radius 2 is 1.94 bits per heavy atom. The van der Waals surface area contributed by atoms with Gasteiger partial charge in [0.15, 0.2) is 5.78 Å². The molecule has 2 aliphatic carbocycles. The number of allylic oxidation sites excluding steroid dienone is 3. The summed E-state index contributed by atoms with van der Waals surface area (Å²) in [5.41, 5.74) is 11.3. The monoisotopic (exact) mass is 474 g/mol. The predicted molar refractivity (Wildman–Crippen MR) is 132 cm³/mol. The highest BCUT2D eigenvalue weighted by molar-refractivity contribution is 7.16. The fourth-order valence-electron chi connectivity index (χ4n) is 5.51. The molecule has 33 heavy (non-hydrogen) atoms. The highest BCUT2D eigenvalue weighted by Gasteiger charge is 2.46. The van der Waals surface area contributed by atoms with Crippen LogP contribution in [0.1, 0.15) is 71.9 Å². The number of nitrogens with zero attached hydrogens (tertiary/aromatic N) is 3. The predicted octanol–water partition coefficient (Wildman–Crippen LogP) is 5.81. The van der Waals surface area contributed by atoms with Crippen LogP contribution in [0.25, 0.3) is 0 Å². The summed E-state index contributed by atoms with van der Waals surface area (Å²) < 4.78 is 0. The van der Waals surface area contributed by atoms with Gasteiger partial charge in [0.05, 0.1) is 23.1 Å². The van der Waals surface area contributed by atoms with E-state index in [1.807, 2.05) is 23.3 Å². The molecule has 3 heterocycles. The number of nitrogens with two attached hydrogens (primary N) is 1. The largest absolute Gasteiger partial charge is 0.384 e. The van der Waals surface area contributed by atoms with Crippen LogP contribution in [0.2, 0.25) is 0 Å². The maximum absolute atomic E-state index is 13.6. The minimum Gasteiger partial charge on any atom is -0.384 e. The Morgan fingerprint density at radius 1 is 1.18 bits per heavy atom. The number of Topliss-reactive ketones (excluding diaryl/α,β-unsaturated/α-hetero) is 1. The van der Waals surface area contributed by atoms with Crippen LogP contribution in [0.4, 0.5) is 5.00 Å². The molecule has 0 spiro atoms. The summed E-state index contributed by atoms with van der Waals surface area (Å²) in [4.78, 5) is 17.8. The van der Waals surface area contributed by atoms with Crippen LogP contribution in [0, 0.1) is 35.0 Å². The molecule has 2 N–H and O–H groups in total. The van der Waals surface area contributed by atoms with Gasteiger partial charge < -0.3 is 5.73 Å². The van der Waals surface area contributed by atoms with Crippen LogP contribution in [0.3, 0.4) is 0 Å². The van der Waals surface area contributed by atoms with Crippen molar-refractivity contribution in [2.45, 2.75) is 65.2 Å². The van der Waals surface area contributed by atoms with Crippen molar-refractivity contribution in [2.75, 3.05) is 4.90 Å². The van der Waals surface area contributed by atoms with Gasteiger partial charge in [-0.1, -0.05) is 13.8 Å². The average molecular weight is 475 g/mol. The van der Waals surface area contributed by atoms with E-state index in [0.29, 0.717) is 35.4 Å². The number of hydrogen-bond donors (Lipinski definition) is 1. The third kappa shape index (κ3) is 3.34. The van der Waals surface area contributed by atoms with E-state index >= 15 is 0 Å². The molecule has 0 bridgehead atoms. The zero-order valence-corrected chi connectivity index (χ0v) is 20.8. The molecule has 2 aromatic heterocycles. The molecule has 5 nitrogen and oxygen atoms in total. The lowest BCUT2D eigenvalue weighted by atomic mass is 9.69. The Hall–Kier alpha value is -2.87. The van der Waals surface area contributed by atoms with Gasteiger partial charge in [-0.25, -0.2) is 0 Å².